The number of rotatable bonds is 7. The van der Waals surface area contributed by atoms with Crippen molar-refractivity contribution < 1.29 is 13.2 Å². The minimum Gasteiger partial charge on any atom is -0.495 e. The lowest BCUT2D eigenvalue weighted by Crippen LogP contribution is -2.31. The Labute approximate surface area is 115 Å². The molecule has 2 N–H and O–H groups in total. The molecule has 1 rings (SSSR count). The van der Waals surface area contributed by atoms with Crippen molar-refractivity contribution in [3.8, 4) is 5.75 Å². The molecular formula is C13H22N2O3S. The maximum atomic E-state index is 12.5. The quantitative estimate of drug-likeness (QED) is 0.826. The number of methoxy groups -OCH3 is 1. The lowest BCUT2D eigenvalue weighted by Gasteiger charge is -2.21. The third kappa shape index (κ3) is 3.46. The van der Waals surface area contributed by atoms with Crippen LogP contribution in [0.15, 0.2) is 23.1 Å². The van der Waals surface area contributed by atoms with Gasteiger partial charge in [0.05, 0.1) is 7.11 Å². The number of nitrogens with two attached hydrogens (primary N) is 1. The number of hydrogen-bond acceptors (Lipinski definition) is 4. The zero-order chi connectivity index (χ0) is 14.5. The second-order valence-electron chi connectivity index (χ2n) is 4.19. The number of hydrogen-bond donors (Lipinski definition) is 1. The maximum absolute atomic E-state index is 12.5. The van der Waals surface area contributed by atoms with Crippen molar-refractivity contribution in [2.75, 3.05) is 20.2 Å². The molecule has 0 spiro atoms. The van der Waals surface area contributed by atoms with E-state index in [9.17, 15) is 8.42 Å². The van der Waals surface area contributed by atoms with E-state index in [4.69, 9.17) is 10.5 Å². The third-order valence-corrected chi connectivity index (χ3v) is 4.92. The van der Waals surface area contributed by atoms with Crippen molar-refractivity contribution in [1.29, 1.82) is 0 Å². The lowest BCUT2D eigenvalue weighted by molar-refractivity contribution is 0.392. The molecular weight excluding hydrogens is 264 g/mol. The van der Waals surface area contributed by atoms with E-state index in [2.05, 4.69) is 0 Å². The molecule has 0 heterocycles. The van der Waals surface area contributed by atoms with Crippen molar-refractivity contribution in [2.45, 2.75) is 31.7 Å². The molecule has 0 radical (unpaired) electrons. The molecule has 0 fully saturated rings. The second-order valence-corrected chi connectivity index (χ2v) is 6.09. The molecule has 19 heavy (non-hydrogen) atoms. The fraction of sp³-hybridized carbons (Fsp3) is 0.538. The minimum absolute atomic E-state index is 0.197. The first kappa shape index (κ1) is 15.9. The summed E-state index contributed by atoms with van der Waals surface area (Å²) in [5, 5.41) is 0. The molecule has 1 aromatic rings. The zero-order valence-electron chi connectivity index (χ0n) is 11.7. The van der Waals surface area contributed by atoms with Crippen LogP contribution >= 0.6 is 0 Å². The predicted molar refractivity (Wildman–Crippen MR) is 75.6 cm³/mol. The van der Waals surface area contributed by atoms with Crippen LogP contribution in [0, 0.1) is 0 Å². The number of ether oxygens (including phenoxy) is 1. The Morgan fingerprint density at radius 1 is 1.32 bits per heavy atom. The fourth-order valence-electron chi connectivity index (χ4n) is 1.89. The molecule has 0 unspecified atom stereocenters. The van der Waals surface area contributed by atoms with Crippen LogP contribution < -0.4 is 10.5 Å². The monoisotopic (exact) mass is 286 g/mol. The van der Waals surface area contributed by atoms with Crippen LogP contribution in [0.3, 0.4) is 0 Å². The summed E-state index contributed by atoms with van der Waals surface area (Å²) in [6.07, 6.45) is 0.774. The van der Waals surface area contributed by atoms with E-state index >= 15 is 0 Å². The topological polar surface area (TPSA) is 72.6 Å². The molecule has 0 aliphatic carbocycles. The average molecular weight is 286 g/mol. The Bertz CT molecular complexity index is 515. The minimum atomic E-state index is -3.51. The van der Waals surface area contributed by atoms with Gasteiger partial charge in [0.15, 0.2) is 0 Å². The maximum Gasteiger partial charge on any atom is 0.246 e. The Morgan fingerprint density at radius 2 is 2.00 bits per heavy atom. The van der Waals surface area contributed by atoms with Crippen molar-refractivity contribution in [1.82, 2.24) is 4.31 Å². The Kier molecular flexibility index (Phi) is 5.78. The number of benzene rings is 1. The summed E-state index contributed by atoms with van der Waals surface area (Å²) < 4.78 is 31.7. The summed E-state index contributed by atoms with van der Waals surface area (Å²) in [4.78, 5) is 0.197. The van der Waals surface area contributed by atoms with Gasteiger partial charge in [0, 0.05) is 19.6 Å². The van der Waals surface area contributed by atoms with Crippen molar-refractivity contribution in [3.63, 3.8) is 0 Å². The van der Waals surface area contributed by atoms with E-state index in [0.717, 1.165) is 12.0 Å². The largest absolute Gasteiger partial charge is 0.495 e. The third-order valence-electron chi connectivity index (χ3n) is 2.91. The highest BCUT2D eigenvalue weighted by atomic mass is 32.2. The molecule has 0 aliphatic heterocycles. The molecule has 0 atom stereocenters. The molecule has 0 bridgehead atoms. The van der Waals surface area contributed by atoms with Crippen LogP contribution in [-0.2, 0) is 16.6 Å². The molecule has 1 aromatic carbocycles. The van der Waals surface area contributed by atoms with Crippen LogP contribution in [0.25, 0.3) is 0 Å². The van der Waals surface area contributed by atoms with Gasteiger partial charge in [0.2, 0.25) is 10.0 Å². The van der Waals surface area contributed by atoms with E-state index in [1.54, 1.807) is 18.2 Å². The predicted octanol–water partition coefficient (Wildman–Crippen LogP) is 1.57. The Balaban J connectivity index is 3.27. The molecule has 5 nitrogen and oxygen atoms in total. The van der Waals surface area contributed by atoms with Gasteiger partial charge in [-0.15, -0.1) is 0 Å². The van der Waals surface area contributed by atoms with Gasteiger partial charge in [0.1, 0.15) is 10.6 Å². The summed E-state index contributed by atoms with van der Waals surface area (Å²) in [6, 6.07) is 4.95. The first-order chi connectivity index (χ1) is 9.01. The van der Waals surface area contributed by atoms with Crippen molar-refractivity contribution >= 4 is 10.0 Å². The zero-order valence-corrected chi connectivity index (χ0v) is 12.5. The van der Waals surface area contributed by atoms with E-state index in [1.807, 2.05) is 13.8 Å². The van der Waals surface area contributed by atoms with Crippen LogP contribution in [-0.4, -0.2) is 32.9 Å². The molecule has 0 aliphatic rings. The molecule has 0 aromatic heterocycles. The summed E-state index contributed by atoms with van der Waals surface area (Å²) in [5.41, 5.74) is 6.39. The van der Waals surface area contributed by atoms with Gasteiger partial charge in [-0.25, -0.2) is 8.42 Å². The highest BCUT2D eigenvalue weighted by Crippen LogP contribution is 2.27. The van der Waals surface area contributed by atoms with Gasteiger partial charge in [-0.2, -0.15) is 4.31 Å². The van der Waals surface area contributed by atoms with Crippen molar-refractivity contribution in [2.24, 2.45) is 5.73 Å². The number of nitrogens with zero attached hydrogens (tertiary/aromatic N) is 1. The summed E-state index contributed by atoms with van der Waals surface area (Å²) >= 11 is 0. The Hall–Kier alpha value is -1.11. The highest BCUT2D eigenvalue weighted by Gasteiger charge is 2.25. The lowest BCUT2D eigenvalue weighted by atomic mass is 10.2. The van der Waals surface area contributed by atoms with E-state index in [0.29, 0.717) is 25.4 Å². The molecule has 0 amide bonds. The van der Waals surface area contributed by atoms with E-state index in [-0.39, 0.29) is 4.90 Å². The summed E-state index contributed by atoms with van der Waals surface area (Å²) in [6.45, 7) is 5.07. The molecule has 0 saturated heterocycles. The number of sulfonamides is 1. The van der Waals surface area contributed by atoms with Gasteiger partial charge >= 0.3 is 0 Å². The van der Waals surface area contributed by atoms with Gasteiger partial charge in [-0.1, -0.05) is 19.9 Å². The summed E-state index contributed by atoms with van der Waals surface area (Å²) in [5.74, 6) is 0.345. The van der Waals surface area contributed by atoms with E-state index in [1.165, 1.54) is 11.4 Å². The first-order valence-electron chi connectivity index (χ1n) is 6.38. The standard InChI is InChI=1S/C13H22N2O3S/c1-4-8-15(5-2)19(16,17)13-7-6-11(10-14)9-12(13)18-3/h6-7,9H,4-5,8,10,14H2,1-3H3. The highest BCUT2D eigenvalue weighted by molar-refractivity contribution is 7.89. The average Bonchev–Trinajstić information content (AvgIpc) is 2.43. The Morgan fingerprint density at radius 3 is 2.47 bits per heavy atom. The second kappa shape index (κ2) is 6.88. The molecule has 6 heteroatoms. The fourth-order valence-corrected chi connectivity index (χ4v) is 3.57. The van der Waals surface area contributed by atoms with E-state index < -0.39 is 10.0 Å². The first-order valence-corrected chi connectivity index (χ1v) is 7.82. The van der Waals surface area contributed by atoms with Gasteiger partial charge in [-0.05, 0) is 24.1 Å². The summed E-state index contributed by atoms with van der Waals surface area (Å²) in [7, 11) is -2.05. The molecule has 108 valence electrons. The van der Waals surface area contributed by atoms with Gasteiger partial charge in [0.25, 0.3) is 0 Å². The van der Waals surface area contributed by atoms with Crippen LogP contribution in [0.4, 0.5) is 0 Å². The van der Waals surface area contributed by atoms with Crippen LogP contribution in [0.5, 0.6) is 5.75 Å². The SMILES string of the molecule is CCCN(CC)S(=O)(=O)c1ccc(CN)cc1OC. The smallest absolute Gasteiger partial charge is 0.246 e. The van der Waals surface area contributed by atoms with Crippen molar-refractivity contribution in [3.05, 3.63) is 23.8 Å². The normalized spacial score (nSPS) is 11.8. The molecule has 0 saturated carbocycles. The van der Waals surface area contributed by atoms with Gasteiger partial charge in [-0.3, -0.25) is 0 Å². The van der Waals surface area contributed by atoms with Crippen LogP contribution in [0.2, 0.25) is 0 Å². The van der Waals surface area contributed by atoms with Gasteiger partial charge < -0.3 is 10.5 Å². The van der Waals surface area contributed by atoms with Crippen LogP contribution in [0.1, 0.15) is 25.8 Å².